The first-order chi connectivity index (χ1) is 9.97. The molecule has 116 valence electrons. The second-order valence-corrected chi connectivity index (χ2v) is 5.36. The smallest absolute Gasteiger partial charge is 0.168 e. The molecule has 0 bridgehead atoms. The fraction of sp³-hybridized carbons (Fsp3) is 0.438. The van der Waals surface area contributed by atoms with E-state index in [1.54, 1.807) is 14.2 Å². The molecule has 0 spiro atoms. The number of hydrogen-bond acceptors (Lipinski definition) is 3. The molecule has 4 nitrogen and oxygen atoms in total. The van der Waals surface area contributed by atoms with Crippen LogP contribution in [-0.2, 0) is 6.42 Å². The van der Waals surface area contributed by atoms with E-state index in [2.05, 4.69) is 11.9 Å². The van der Waals surface area contributed by atoms with E-state index in [-0.39, 0.29) is 0 Å². The van der Waals surface area contributed by atoms with E-state index < -0.39 is 0 Å². The molecule has 0 radical (unpaired) electrons. The molecule has 0 heterocycles. The number of nitrogens with zero attached hydrogens (tertiary/aromatic N) is 1. The van der Waals surface area contributed by atoms with Crippen molar-refractivity contribution >= 4 is 17.3 Å². The maximum absolute atomic E-state index is 5.33. The Labute approximate surface area is 132 Å². The van der Waals surface area contributed by atoms with Crippen molar-refractivity contribution < 1.29 is 9.47 Å². The number of methoxy groups -OCH3 is 2. The molecule has 5 heteroatoms. The summed E-state index contributed by atoms with van der Waals surface area (Å²) in [6, 6.07) is 5.96. The monoisotopic (exact) mass is 308 g/mol. The second-order valence-electron chi connectivity index (χ2n) is 4.98. The molecule has 0 aromatic heterocycles. The molecule has 0 atom stereocenters. The van der Waals surface area contributed by atoms with Gasteiger partial charge in [0.15, 0.2) is 16.6 Å². The highest BCUT2D eigenvalue weighted by Crippen LogP contribution is 2.27. The summed E-state index contributed by atoms with van der Waals surface area (Å²) in [5, 5.41) is 3.91. The van der Waals surface area contributed by atoms with E-state index in [0.29, 0.717) is 6.54 Å². The summed E-state index contributed by atoms with van der Waals surface area (Å²) in [7, 11) is 5.26. The number of nitrogens with one attached hydrogen (secondary N) is 1. The number of likely N-dealkylation sites (N-methyl/N-ethyl adjacent to an activating group) is 1. The number of benzene rings is 1. The third-order valence-electron chi connectivity index (χ3n) is 3.07. The summed E-state index contributed by atoms with van der Waals surface area (Å²) >= 11 is 5.33. The van der Waals surface area contributed by atoms with Crippen molar-refractivity contribution in [2.75, 3.05) is 34.4 Å². The van der Waals surface area contributed by atoms with Gasteiger partial charge in [-0.3, -0.25) is 0 Å². The topological polar surface area (TPSA) is 33.7 Å². The van der Waals surface area contributed by atoms with Gasteiger partial charge >= 0.3 is 0 Å². The van der Waals surface area contributed by atoms with Crippen molar-refractivity contribution in [1.29, 1.82) is 0 Å². The molecule has 0 aliphatic heterocycles. The second kappa shape index (κ2) is 8.52. The predicted octanol–water partition coefficient (Wildman–Crippen LogP) is 2.63. The summed E-state index contributed by atoms with van der Waals surface area (Å²) < 4.78 is 10.5. The Morgan fingerprint density at radius 3 is 2.52 bits per heavy atom. The zero-order valence-corrected chi connectivity index (χ0v) is 14.0. The highest BCUT2D eigenvalue weighted by molar-refractivity contribution is 7.80. The Balaban J connectivity index is 2.54. The molecule has 1 aromatic carbocycles. The lowest BCUT2D eigenvalue weighted by molar-refractivity contribution is 0.354. The molecule has 0 saturated heterocycles. The van der Waals surface area contributed by atoms with Crippen molar-refractivity contribution in [3.8, 4) is 11.5 Å². The molecule has 0 aliphatic rings. The largest absolute Gasteiger partial charge is 0.493 e. The number of rotatable bonds is 7. The zero-order valence-electron chi connectivity index (χ0n) is 13.2. The van der Waals surface area contributed by atoms with Crippen LogP contribution < -0.4 is 14.8 Å². The Morgan fingerprint density at radius 2 is 1.95 bits per heavy atom. The van der Waals surface area contributed by atoms with Gasteiger partial charge in [0.25, 0.3) is 0 Å². The van der Waals surface area contributed by atoms with Crippen LogP contribution in [0.3, 0.4) is 0 Å². The van der Waals surface area contributed by atoms with Crippen LogP contribution in [0.1, 0.15) is 12.5 Å². The van der Waals surface area contributed by atoms with Crippen LogP contribution in [-0.4, -0.2) is 44.4 Å². The molecule has 0 unspecified atom stereocenters. The first-order valence-electron chi connectivity index (χ1n) is 6.82. The van der Waals surface area contributed by atoms with Gasteiger partial charge in [0.05, 0.1) is 14.2 Å². The molecular formula is C16H24N2O2S. The minimum absolute atomic E-state index is 0.708. The maximum Gasteiger partial charge on any atom is 0.168 e. The highest BCUT2D eigenvalue weighted by Gasteiger charge is 2.07. The number of thiocarbonyl (C=S) groups is 1. The fourth-order valence-electron chi connectivity index (χ4n) is 1.80. The van der Waals surface area contributed by atoms with Crippen molar-refractivity contribution in [1.82, 2.24) is 10.2 Å². The molecule has 0 aliphatic carbocycles. The summed E-state index contributed by atoms with van der Waals surface area (Å²) in [6.07, 6.45) is 0.881. The van der Waals surface area contributed by atoms with Gasteiger partial charge in [0, 0.05) is 20.1 Å². The van der Waals surface area contributed by atoms with Gasteiger partial charge in [-0.15, -0.1) is 0 Å². The van der Waals surface area contributed by atoms with Gasteiger partial charge in [-0.05, 0) is 43.3 Å². The van der Waals surface area contributed by atoms with Gasteiger partial charge in [-0.25, -0.2) is 0 Å². The van der Waals surface area contributed by atoms with Gasteiger partial charge in [-0.2, -0.15) is 0 Å². The normalized spacial score (nSPS) is 9.90. The maximum atomic E-state index is 5.33. The first-order valence-corrected chi connectivity index (χ1v) is 7.23. The van der Waals surface area contributed by atoms with Crippen LogP contribution in [0.5, 0.6) is 11.5 Å². The van der Waals surface area contributed by atoms with Crippen molar-refractivity contribution in [2.24, 2.45) is 0 Å². The van der Waals surface area contributed by atoms with Crippen molar-refractivity contribution in [3.63, 3.8) is 0 Å². The molecule has 1 N–H and O–H groups in total. The van der Waals surface area contributed by atoms with Crippen LogP contribution in [0.15, 0.2) is 30.4 Å². The van der Waals surface area contributed by atoms with E-state index >= 15 is 0 Å². The van der Waals surface area contributed by atoms with E-state index in [1.165, 1.54) is 5.56 Å². The number of hydrogen-bond donors (Lipinski definition) is 1. The predicted molar refractivity (Wildman–Crippen MR) is 91.3 cm³/mol. The quantitative estimate of drug-likeness (QED) is 0.618. The molecule has 21 heavy (non-hydrogen) atoms. The zero-order chi connectivity index (χ0) is 15.8. The van der Waals surface area contributed by atoms with Crippen molar-refractivity contribution in [3.05, 3.63) is 35.9 Å². The van der Waals surface area contributed by atoms with E-state index in [1.807, 2.05) is 37.1 Å². The minimum Gasteiger partial charge on any atom is -0.493 e. The van der Waals surface area contributed by atoms with Crippen molar-refractivity contribution in [2.45, 2.75) is 13.3 Å². The van der Waals surface area contributed by atoms with Gasteiger partial charge < -0.3 is 19.7 Å². The van der Waals surface area contributed by atoms with Gasteiger partial charge in [0.1, 0.15) is 0 Å². The van der Waals surface area contributed by atoms with Crippen LogP contribution in [0, 0.1) is 0 Å². The Bertz CT molecular complexity index is 503. The van der Waals surface area contributed by atoms with E-state index in [9.17, 15) is 0 Å². The Kier molecular flexibility index (Phi) is 7.02. The van der Waals surface area contributed by atoms with E-state index in [0.717, 1.165) is 35.2 Å². The summed E-state index contributed by atoms with van der Waals surface area (Å²) in [6.45, 7) is 7.36. The average Bonchev–Trinajstić information content (AvgIpc) is 2.49. The summed E-state index contributed by atoms with van der Waals surface area (Å²) in [5.41, 5.74) is 2.24. The molecule has 0 fully saturated rings. The minimum atomic E-state index is 0.708. The first kappa shape index (κ1) is 17.3. The molecule has 1 aromatic rings. The molecule has 0 saturated carbocycles. The standard InChI is InChI=1S/C16H24N2O2S/c1-12(2)11-17-16(21)18(3)9-8-13-6-7-14(19-4)15(10-13)20-5/h6-7,10H,1,8-9,11H2,2-5H3,(H,17,21). The van der Waals surface area contributed by atoms with Gasteiger partial charge in [0.2, 0.25) is 0 Å². The van der Waals surface area contributed by atoms with E-state index in [4.69, 9.17) is 21.7 Å². The average molecular weight is 308 g/mol. The summed E-state index contributed by atoms with van der Waals surface area (Å²) in [4.78, 5) is 2.02. The number of ether oxygens (including phenoxy) is 2. The third kappa shape index (κ3) is 5.63. The van der Waals surface area contributed by atoms with Crippen LogP contribution in [0.25, 0.3) is 0 Å². The highest BCUT2D eigenvalue weighted by atomic mass is 32.1. The third-order valence-corrected chi connectivity index (χ3v) is 3.53. The SMILES string of the molecule is C=C(C)CNC(=S)N(C)CCc1ccc(OC)c(OC)c1. The summed E-state index contributed by atoms with van der Waals surface area (Å²) in [5.74, 6) is 1.49. The molecular weight excluding hydrogens is 284 g/mol. The Morgan fingerprint density at radius 1 is 1.29 bits per heavy atom. The lowest BCUT2D eigenvalue weighted by Crippen LogP contribution is -2.38. The van der Waals surface area contributed by atoms with Crippen LogP contribution in [0.4, 0.5) is 0 Å². The fourth-order valence-corrected chi connectivity index (χ4v) is 1.96. The van der Waals surface area contributed by atoms with Crippen LogP contribution in [0.2, 0.25) is 0 Å². The van der Waals surface area contributed by atoms with Crippen LogP contribution >= 0.6 is 12.2 Å². The lowest BCUT2D eigenvalue weighted by atomic mass is 10.1. The molecule has 0 amide bonds. The Hall–Kier alpha value is -1.75. The van der Waals surface area contributed by atoms with Gasteiger partial charge in [-0.1, -0.05) is 18.2 Å². The lowest BCUT2D eigenvalue weighted by Gasteiger charge is -2.21. The molecule has 1 rings (SSSR count).